The van der Waals surface area contributed by atoms with Crippen molar-refractivity contribution in [1.82, 2.24) is 10.2 Å². The molecule has 1 fully saturated rings. The van der Waals surface area contributed by atoms with E-state index in [0.29, 0.717) is 24.9 Å². The summed E-state index contributed by atoms with van der Waals surface area (Å²) in [5.74, 6) is -2.94. The maximum absolute atomic E-state index is 13.1. The summed E-state index contributed by atoms with van der Waals surface area (Å²) in [6.07, 6.45) is 1.66. The lowest BCUT2D eigenvalue weighted by molar-refractivity contribution is -0.141. The first-order valence-corrected chi connectivity index (χ1v) is 9.14. The summed E-state index contributed by atoms with van der Waals surface area (Å²) in [4.78, 5) is 38.2. The average Bonchev–Trinajstić information content (AvgIpc) is 3.04. The molecule has 2 amide bonds. The van der Waals surface area contributed by atoms with Gasteiger partial charge in [0.1, 0.15) is 11.9 Å². The van der Waals surface area contributed by atoms with E-state index in [2.05, 4.69) is 5.32 Å². The number of amides is 2. The molecule has 1 aromatic rings. The lowest BCUT2D eigenvalue weighted by atomic mass is 9.91. The fraction of sp³-hybridized carbons (Fsp3) is 0.550. The molecule has 0 bridgehead atoms. The largest absolute Gasteiger partial charge is 0.481 e. The Balaban J connectivity index is 2.01. The lowest BCUT2D eigenvalue weighted by Crippen LogP contribution is -2.47. The van der Waals surface area contributed by atoms with Crippen molar-refractivity contribution in [3.05, 3.63) is 35.6 Å². The summed E-state index contributed by atoms with van der Waals surface area (Å²) in [5.41, 5.74) is 0.244. The van der Waals surface area contributed by atoms with E-state index in [4.69, 9.17) is 0 Å². The van der Waals surface area contributed by atoms with Crippen LogP contribution in [0.5, 0.6) is 0 Å². The number of carbonyl (C=O) groups excluding carboxylic acids is 2. The Bertz CT molecular complexity index is 697. The Morgan fingerprint density at radius 3 is 2.44 bits per heavy atom. The van der Waals surface area contributed by atoms with Gasteiger partial charge in [0.15, 0.2) is 0 Å². The van der Waals surface area contributed by atoms with E-state index in [1.54, 1.807) is 4.90 Å². The van der Waals surface area contributed by atoms with Crippen LogP contribution in [0, 0.1) is 11.2 Å². The van der Waals surface area contributed by atoms with Gasteiger partial charge in [-0.25, -0.2) is 4.39 Å². The molecule has 6 nitrogen and oxygen atoms in total. The summed E-state index contributed by atoms with van der Waals surface area (Å²) in [5, 5.41) is 12.1. The smallest absolute Gasteiger partial charge is 0.312 e. The first kappa shape index (κ1) is 20.9. The van der Waals surface area contributed by atoms with Crippen LogP contribution in [-0.2, 0) is 14.4 Å². The second kappa shape index (κ2) is 8.50. The SMILES string of the molecule is CC(C)(C)CC(=O)N1CCCC1C(=O)NCC(C(=O)O)c1ccc(F)cc1. The normalized spacial score (nSPS) is 18.2. The van der Waals surface area contributed by atoms with Crippen molar-refractivity contribution in [3.63, 3.8) is 0 Å². The van der Waals surface area contributed by atoms with Gasteiger partial charge in [-0.15, -0.1) is 0 Å². The highest BCUT2D eigenvalue weighted by Gasteiger charge is 2.35. The first-order valence-electron chi connectivity index (χ1n) is 9.14. The summed E-state index contributed by atoms with van der Waals surface area (Å²) in [6.45, 7) is 6.33. The number of halogens is 1. The summed E-state index contributed by atoms with van der Waals surface area (Å²) < 4.78 is 13.1. The third-order valence-electron chi connectivity index (χ3n) is 4.61. The third kappa shape index (κ3) is 5.77. The number of likely N-dealkylation sites (tertiary alicyclic amines) is 1. The molecular weight excluding hydrogens is 351 g/mol. The molecule has 0 aliphatic carbocycles. The quantitative estimate of drug-likeness (QED) is 0.796. The molecule has 27 heavy (non-hydrogen) atoms. The van der Waals surface area contributed by atoms with Crippen molar-refractivity contribution in [2.45, 2.75) is 52.0 Å². The van der Waals surface area contributed by atoms with Gasteiger partial charge in [-0.05, 0) is 36.0 Å². The van der Waals surface area contributed by atoms with E-state index in [9.17, 15) is 23.9 Å². The van der Waals surface area contributed by atoms with Crippen molar-refractivity contribution < 1.29 is 23.9 Å². The highest BCUT2D eigenvalue weighted by atomic mass is 19.1. The second-order valence-electron chi connectivity index (χ2n) is 8.17. The zero-order chi connectivity index (χ0) is 20.2. The van der Waals surface area contributed by atoms with E-state index < -0.39 is 23.7 Å². The topological polar surface area (TPSA) is 86.7 Å². The fourth-order valence-corrected chi connectivity index (χ4v) is 3.26. The van der Waals surface area contributed by atoms with Crippen molar-refractivity contribution in [2.24, 2.45) is 5.41 Å². The van der Waals surface area contributed by atoms with Crippen molar-refractivity contribution in [2.75, 3.05) is 13.1 Å². The molecule has 1 aliphatic heterocycles. The van der Waals surface area contributed by atoms with Crippen molar-refractivity contribution in [1.29, 1.82) is 0 Å². The molecule has 2 N–H and O–H groups in total. The molecule has 0 aromatic heterocycles. The molecular formula is C20H27FN2O4. The Kier molecular flexibility index (Phi) is 6.57. The molecule has 0 saturated carbocycles. The van der Waals surface area contributed by atoms with Gasteiger partial charge in [-0.3, -0.25) is 14.4 Å². The lowest BCUT2D eigenvalue weighted by Gasteiger charge is -2.28. The molecule has 148 valence electrons. The van der Waals surface area contributed by atoms with Crippen molar-refractivity contribution in [3.8, 4) is 0 Å². The average molecular weight is 378 g/mol. The van der Waals surface area contributed by atoms with Gasteiger partial charge in [0, 0.05) is 19.5 Å². The van der Waals surface area contributed by atoms with Crippen LogP contribution in [0.15, 0.2) is 24.3 Å². The molecule has 1 aliphatic rings. The van der Waals surface area contributed by atoms with E-state index >= 15 is 0 Å². The minimum Gasteiger partial charge on any atom is -0.481 e. The van der Waals surface area contributed by atoms with Gasteiger partial charge in [0.25, 0.3) is 0 Å². The number of carbonyl (C=O) groups is 3. The van der Waals surface area contributed by atoms with Crippen LogP contribution in [0.4, 0.5) is 4.39 Å². The maximum atomic E-state index is 13.1. The number of nitrogens with one attached hydrogen (secondary N) is 1. The van der Waals surface area contributed by atoms with Crippen LogP contribution in [0.1, 0.15) is 51.5 Å². The van der Waals surface area contributed by atoms with Crippen LogP contribution in [-0.4, -0.2) is 46.9 Å². The van der Waals surface area contributed by atoms with E-state index in [1.807, 2.05) is 20.8 Å². The maximum Gasteiger partial charge on any atom is 0.312 e. The van der Waals surface area contributed by atoms with Crippen LogP contribution in [0.3, 0.4) is 0 Å². The van der Waals surface area contributed by atoms with Crippen LogP contribution in [0.2, 0.25) is 0 Å². The van der Waals surface area contributed by atoms with Gasteiger partial charge < -0.3 is 15.3 Å². The Morgan fingerprint density at radius 2 is 1.89 bits per heavy atom. The van der Waals surface area contributed by atoms with Gasteiger partial charge >= 0.3 is 5.97 Å². The Morgan fingerprint density at radius 1 is 1.26 bits per heavy atom. The van der Waals surface area contributed by atoms with E-state index in [1.165, 1.54) is 24.3 Å². The number of rotatable bonds is 6. The highest BCUT2D eigenvalue weighted by molar-refractivity contribution is 5.89. The molecule has 1 saturated heterocycles. The molecule has 1 aromatic carbocycles. The van der Waals surface area contributed by atoms with Gasteiger partial charge in [0.05, 0.1) is 5.92 Å². The molecule has 1 heterocycles. The Labute approximate surface area is 158 Å². The predicted molar refractivity (Wildman–Crippen MR) is 98.6 cm³/mol. The standard InChI is InChI=1S/C20H27FN2O4/c1-20(2,3)11-17(24)23-10-4-5-16(23)18(25)22-12-15(19(26)27)13-6-8-14(21)9-7-13/h6-9,15-16H,4-5,10-12H2,1-3H3,(H,22,25)(H,26,27). The number of hydrogen-bond donors (Lipinski definition) is 2. The highest BCUT2D eigenvalue weighted by Crippen LogP contribution is 2.25. The molecule has 2 rings (SSSR count). The van der Waals surface area contributed by atoms with Crippen LogP contribution >= 0.6 is 0 Å². The summed E-state index contributed by atoms with van der Waals surface area (Å²) in [7, 11) is 0. The number of carboxylic acid groups (broad SMARTS) is 1. The number of aliphatic carboxylic acids is 1. The summed E-state index contributed by atoms with van der Waals surface area (Å²) >= 11 is 0. The van der Waals surface area contributed by atoms with Crippen LogP contribution in [0.25, 0.3) is 0 Å². The number of benzene rings is 1. The summed E-state index contributed by atoms with van der Waals surface area (Å²) in [6, 6.07) is 4.61. The monoisotopic (exact) mass is 378 g/mol. The molecule has 0 spiro atoms. The minimum absolute atomic E-state index is 0.0616. The van der Waals surface area contributed by atoms with Gasteiger partial charge in [-0.1, -0.05) is 32.9 Å². The Hall–Kier alpha value is -2.44. The molecule has 2 atom stereocenters. The number of nitrogens with zero attached hydrogens (tertiary/aromatic N) is 1. The van der Waals surface area contributed by atoms with E-state index in [0.717, 1.165) is 6.42 Å². The third-order valence-corrected chi connectivity index (χ3v) is 4.61. The predicted octanol–water partition coefficient (Wildman–Crippen LogP) is 2.54. The van der Waals surface area contributed by atoms with Gasteiger partial charge in [0.2, 0.25) is 11.8 Å². The molecule has 2 unspecified atom stereocenters. The number of hydrogen-bond acceptors (Lipinski definition) is 3. The van der Waals surface area contributed by atoms with Crippen LogP contribution < -0.4 is 5.32 Å². The van der Waals surface area contributed by atoms with Gasteiger partial charge in [-0.2, -0.15) is 0 Å². The second-order valence-corrected chi connectivity index (χ2v) is 8.17. The zero-order valence-corrected chi connectivity index (χ0v) is 16.0. The van der Waals surface area contributed by atoms with Crippen molar-refractivity contribution >= 4 is 17.8 Å². The minimum atomic E-state index is -1.10. The molecule has 7 heteroatoms. The zero-order valence-electron chi connectivity index (χ0n) is 16.0. The fourth-order valence-electron chi connectivity index (χ4n) is 3.26. The molecule has 0 radical (unpaired) electrons. The first-order chi connectivity index (χ1) is 12.6. The number of carboxylic acids is 1. The van der Waals surface area contributed by atoms with E-state index in [-0.39, 0.29) is 23.8 Å².